The normalized spacial score (nSPS) is 11.5. The molecule has 0 amide bonds. The average Bonchev–Trinajstić information content (AvgIpc) is 2.50. The van der Waals surface area contributed by atoms with E-state index in [2.05, 4.69) is 21.1 Å². The quantitative estimate of drug-likeness (QED) is 0.382. The van der Waals surface area contributed by atoms with Gasteiger partial charge < -0.3 is 15.7 Å². The van der Waals surface area contributed by atoms with Crippen LogP contribution < -0.4 is 10.5 Å². The van der Waals surface area contributed by atoms with Crippen molar-refractivity contribution < 1.29 is 9.94 Å². The molecule has 0 unspecified atom stereocenters. The molecule has 0 atom stereocenters. The summed E-state index contributed by atoms with van der Waals surface area (Å²) in [5.74, 6) is 0.912. The number of nitrogens with two attached hydrogens (primary N) is 1. The predicted octanol–water partition coefficient (Wildman–Crippen LogP) is 3.74. The maximum Gasteiger partial charge on any atom is 0.170 e. The van der Waals surface area contributed by atoms with Crippen molar-refractivity contribution in [2.45, 2.75) is 20.5 Å². The summed E-state index contributed by atoms with van der Waals surface area (Å²) in [4.78, 5) is 0. The fraction of sp³-hybridized carbons (Fsp3) is 0.188. The van der Waals surface area contributed by atoms with Crippen molar-refractivity contribution >= 4 is 21.8 Å². The molecule has 0 aliphatic carbocycles. The smallest absolute Gasteiger partial charge is 0.170 e. The molecule has 2 aromatic carbocycles. The van der Waals surface area contributed by atoms with E-state index in [0.29, 0.717) is 12.2 Å². The van der Waals surface area contributed by atoms with E-state index in [9.17, 15) is 0 Å². The number of hydrogen-bond donors (Lipinski definition) is 2. The number of nitrogens with zero attached hydrogens (tertiary/aromatic N) is 1. The van der Waals surface area contributed by atoms with Crippen molar-refractivity contribution in [2.75, 3.05) is 0 Å². The van der Waals surface area contributed by atoms with E-state index < -0.39 is 0 Å². The molecule has 21 heavy (non-hydrogen) atoms. The highest BCUT2D eigenvalue weighted by molar-refractivity contribution is 9.10. The number of halogens is 1. The van der Waals surface area contributed by atoms with Crippen molar-refractivity contribution in [3.8, 4) is 5.75 Å². The second kappa shape index (κ2) is 6.63. The topological polar surface area (TPSA) is 67.8 Å². The number of amidine groups is 1. The summed E-state index contributed by atoms with van der Waals surface area (Å²) in [6.07, 6.45) is 0. The summed E-state index contributed by atoms with van der Waals surface area (Å²) in [6.45, 7) is 4.49. The number of aryl methyl sites for hydroxylation is 2. The van der Waals surface area contributed by atoms with E-state index in [1.807, 2.05) is 44.2 Å². The lowest BCUT2D eigenvalue weighted by Gasteiger charge is -2.11. The zero-order chi connectivity index (χ0) is 15.4. The summed E-state index contributed by atoms with van der Waals surface area (Å²) < 4.78 is 6.91. The van der Waals surface area contributed by atoms with E-state index in [4.69, 9.17) is 15.7 Å². The predicted molar refractivity (Wildman–Crippen MR) is 86.9 cm³/mol. The van der Waals surface area contributed by atoms with Crippen molar-refractivity contribution in [2.24, 2.45) is 10.9 Å². The van der Waals surface area contributed by atoms with Gasteiger partial charge in [0.2, 0.25) is 0 Å². The van der Waals surface area contributed by atoms with Crippen molar-refractivity contribution in [3.05, 3.63) is 63.1 Å². The van der Waals surface area contributed by atoms with Gasteiger partial charge in [0, 0.05) is 10.0 Å². The minimum Gasteiger partial charge on any atom is -0.489 e. The summed E-state index contributed by atoms with van der Waals surface area (Å²) in [7, 11) is 0. The molecule has 5 heteroatoms. The monoisotopic (exact) mass is 348 g/mol. The number of rotatable bonds is 4. The highest BCUT2D eigenvalue weighted by Crippen LogP contribution is 2.26. The summed E-state index contributed by atoms with van der Waals surface area (Å²) in [5, 5.41) is 11.7. The van der Waals surface area contributed by atoms with Crippen LogP contribution in [0.4, 0.5) is 0 Å². The first-order valence-corrected chi connectivity index (χ1v) is 7.27. The van der Waals surface area contributed by atoms with Gasteiger partial charge in [0.25, 0.3) is 0 Å². The minimum absolute atomic E-state index is 0.0900. The lowest BCUT2D eigenvalue weighted by atomic mass is 10.1. The molecule has 0 radical (unpaired) electrons. The van der Waals surface area contributed by atoms with Gasteiger partial charge in [-0.3, -0.25) is 0 Å². The molecule has 0 aliphatic rings. The Bertz CT molecular complexity index is 661. The van der Waals surface area contributed by atoms with Gasteiger partial charge in [0.05, 0.1) is 0 Å². The first-order chi connectivity index (χ1) is 10.0. The second-order valence-electron chi connectivity index (χ2n) is 4.85. The fourth-order valence-electron chi connectivity index (χ4n) is 2.03. The Morgan fingerprint density at radius 3 is 2.52 bits per heavy atom. The third kappa shape index (κ3) is 3.76. The van der Waals surface area contributed by atoms with Gasteiger partial charge in [-0.05, 0) is 48.7 Å². The Morgan fingerprint density at radius 2 is 1.90 bits per heavy atom. The van der Waals surface area contributed by atoms with Crippen LogP contribution in [-0.2, 0) is 6.61 Å². The minimum atomic E-state index is 0.0900. The molecule has 0 fully saturated rings. The van der Waals surface area contributed by atoms with E-state index in [-0.39, 0.29) is 5.84 Å². The van der Waals surface area contributed by atoms with E-state index >= 15 is 0 Å². The Balaban J connectivity index is 2.13. The third-order valence-electron chi connectivity index (χ3n) is 3.15. The number of hydrogen-bond acceptors (Lipinski definition) is 3. The molecule has 0 spiro atoms. The molecule has 0 aliphatic heterocycles. The Labute approximate surface area is 132 Å². The van der Waals surface area contributed by atoms with Gasteiger partial charge in [-0.15, -0.1) is 0 Å². The summed E-state index contributed by atoms with van der Waals surface area (Å²) >= 11 is 3.54. The third-order valence-corrected chi connectivity index (χ3v) is 4.40. The van der Waals surface area contributed by atoms with E-state index in [1.165, 1.54) is 0 Å². The molecular formula is C16H17BrN2O2. The molecule has 0 aromatic heterocycles. The molecule has 2 rings (SSSR count). The maximum atomic E-state index is 8.70. The van der Waals surface area contributed by atoms with Gasteiger partial charge >= 0.3 is 0 Å². The van der Waals surface area contributed by atoms with Gasteiger partial charge in [-0.2, -0.15) is 0 Å². The van der Waals surface area contributed by atoms with Crippen LogP contribution >= 0.6 is 15.9 Å². The zero-order valence-corrected chi connectivity index (χ0v) is 13.5. The number of oxime groups is 1. The van der Waals surface area contributed by atoms with Gasteiger partial charge in [0.1, 0.15) is 12.4 Å². The molecule has 0 bridgehead atoms. The van der Waals surface area contributed by atoms with E-state index in [0.717, 1.165) is 26.9 Å². The molecule has 2 aromatic rings. The summed E-state index contributed by atoms with van der Waals surface area (Å²) in [5.41, 5.74) is 9.47. The van der Waals surface area contributed by atoms with Crippen LogP contribution in [0.2, 0.25) is 0 Å². The molecular weight excluding hydrogens is 332 g/mol. The molecule has 0 saturated heterocycles. The van der Waals surface area contributed by atoms with Crippen LogP contribution in [-0.4, -0.2) is 11.0 Å². The number of benzene rings is 2. The SMILES string of the molecule is Cc1cc(OCc2cccc(/C(N)=N/O)c2)cc(C)c1Br. The second-order valence-corrected chi connectivity index (χ2v) is 5.64. The first-order valence-electron chi connectivity index (χ1n) is 6.47. The Morgan fingerprint density at radius 1 is 1.24 bits per heavy atom. The zero-order valence-electron chi connectivity index (χ0n) is 11.9. The van der Waals surface area contributed by atoms with Crippen molar-refractivity contribution in [1.29, 1.82) is 0 Å². The van der Waals surface area contributed by atoms with Gasteiger partial charge in [0.15, 0.2) is 5.84 Å². The molecule has 3 N–H and O–H groups in total. The standard InChI is InChI=1S/C16H17BrN2O2/c1-10-6-14(7-11(2)15(10)17)21-9-12-4-3-5-13(8-12)16(18)19-20/h3-8,20H,9H2,1-2H3,(H2,18,19). The van der Waals surface area contributed by atoms with Crippen LogP contribution in [0.25, 0.3) is 0 Å². The maximum absolute atomic E-state index is 8.70. The van der Waals surface area contributed by atoms with Crippen LogP contribution in [0.5, 0.6) is 5.75 Å². The van der Waals surface area contributed by atoms with Crippen molar-refractivity contribution in [1.82, 2.24) is 0 Å². The van der Waals surface area contributed by atoms with Crippen molar-refractivity contribution in [3.63, 3.8) is 0 Å². The Hall–Kier alpha value is -2.01. The lowest BCUT2D eigenvalue weighted by molar-refractivity contribution is 0.305. The largest absolute Gasteiger partial charge is 0.489 e. The van der Waals surface area contributed by atoms with Gasteiger partial charge in [-0.1, -0.05) is 39.3 Å². The highest BCUT2D eigenvalue weighted by Gasteiger charge is 2.05. The molecule has 110 valence electrons. The number of ether oxygens (including phenoxy) is 1. The average molecular weight is 349 g/mol. The van der Waals surface area contributed by atoms with Crippen LogP contribution in [0, 0.1) is 13.8 Å². The first kappa shape index (κ1) is 15.4. The fourth-order valence-corrected chi connectivity index (χ4v) is 2.26. The Kier molecular flexibility index (Phi) is 4.85. The van der Waals surface area contributed by atoms with Crippen LogP contribution in [0.15, 0.2) is 46.0 Å². The molecule has 4 nitrogen and oxygen atoms in total. The highest BCUT2D eigenvalue weighted by atomic mass is 79.9. The summed E-state index contributed by atoms with van der Waals surface area (Å²) in [6, 6.07) is 11.4. The van der Waals surface area contributed by atoms with E-state index in [1.54, 1.807) is 6.07 Å². The van der Waals surface area contributed by atoms with Gasteiger partial charge in [-0.25, -0.2) is 0 Å². The van der Waals surface area contributed by atoms with Crippen LogP contribution in [0.1, 0.15) is 22.3 Å². The molecule has 0 saturated carbocycles. The lowest BCUT2D eigenvalue weighted by Crippen LogP contribution is -2.13. The van der Waals surface area contributed by atoms with Crippen LogP contribution in [0.3, 0.4) is 0 Å². The molecule has 0 heterocycles.